The molecule has 0 N–H and O–H groups in total. The maximum Gasteiger partial charge on any atom is 0.00401 e. The minimum atomic E-state index is 1.07. The van der Waals surface area contributed by atoms with Crippen molar-refractivity contribution in [2.45, 2.75) is 140 Å². The maximum absolute atomic E-state index is 4.34. The van der Waals surface area contributed by atoms with Gasteiger partial charge in [-0.15, -0.1) is 12.6 Å². The van der Waals surface area contributed by atoms with Gasteiger partial charge in [0.2, 0.25) is 0 Å². The van der Waals surface area contributed by atoms with Crippen LogP contribution in [0, 0.1) is 0 Å². The van der Waals surface area contributed by atoms with Gasteiger partial charge in [-0.1, -0.05) is 135 Å². The average Bonchev–Trinajstić information content (AvgIpc) is 2.71. The summed E-state index contributed by atoms with van der Waals surface area (Å²) in [5.74, 6) is 0. The lowest BCUT2D eigenvalue weighted by atomic mass is 10.0. The van der Waals surface area contributed by atoms with Crippen LogP contribution < -0.4 is 0 Å². The van der Waals surface area contributed by atoms with Crippen LogP contribution in [-0.4, -0.2) is 0 Å². The molecule has 0 bridgehead atoms. The topological polar surface area (TPSA) is 0 Å². The van der Waals surface area contributed by atoms with Crippen LogP contribution in [-0.2, 0) is 6.42 Å². The second kappa shape index (κ2) is 19.9. The zero-order valence-corrected chi connectivity index (χ0v) is 19.8. The van der Waals surface area contributed by atoms with E-state index < -0.39 is 0 Å². The van der Waals surface area contributed by atoms with Gasteiger partial charge in [-0.25, -0.2) is 0 Å². The number of aryl methyl sites for hydroxylation is 1. The van der Waals surface area contributed by atoms with Gasteiger partial charge < -0.3 is 0 Å². The lowest BCUT2D eigenvalue weighted by Gasteiger charge is -2.04. The van der Waals surface area contributed by atoms with Crippen LogP contribution in [0.5, 0.6) is 0 Å². The highest BCUT2D eigenvalue weighted by Crippen LogP contribution is 2.15. The predicted molar refractivity (Wildman–Crippen MR) is 131 cm³/mol. The molecule has 1 aromatic rings. The van der Waals surface area contributed by atoms with Gasteiger partial charge in [-0.3, -0.25) is 0 Å². The van der Waals surface area contributed by atoms with E-state index in [1.807, 2.05) is 0 Å². The van der Waals surface area contributed by atoms with Gasteiger partial charge in [-0.2, -0.15) is 0 Å². The normalized spacial score (nSPS) is 11.2. The van der Waals surface area contributed by atoms with Gasteiger partial charge in [0.05, 0.1) is 0 Å². The molecule has 0 heterocycles. The van der Waals surface area contributed by atoms with E-state index in [1.165, 1.54) is 134 Å². The first-order valence-electron chi connectivity index (χ1n) is 12.6. The standard InChI is InChI=1S/C27H48S/c1-2-3-4-5-6-7-8-9-10-11-12-13-14-15-16-17-18-19-20-21-26-22-24-27(28)25-23-26/h22-25,28H,2-21H2,1H3. The van der Waals surface area contributed by atoms with Crippen LogP contribution >= 0.6 is 12.6 Å². The van der Waals surface area contributed by atoms with Crippen LogP contribution in [0.3, 0.4) is 0 Å². The molecule has 1 rings (SSSR count). The Morgan fingerprint density at radius 2 is 0.786 bits per heavy atom. The van der Waals surface area contributed by atoms with E-state index in [-0.39, 0.29) is 0 Å². The van der Waals surface area contributed by atoms with Crippen LogP contribution in [0.25, 0.3) is 0 Å². The Labute approximate surface area is 182 Å². The molecule has 0 aromatic heterocycles. The van der Waals surface area contributed by atoms with Crippen molar-refractivity contribution in [3.05, 3.63) is 29.8 Å². The number of thiol groups is 1. The molecular formula is C27H48S. The van der Waals surface area contributed by atoms with Crippen LogP contribution in [0.1, 0.15) is 134 Å². The molecular weight excluding hydrogens is 356 g/mol. The van der Waals surface area contributed by atoms with E-state index >= 15 is 0 Å². The molecule has 0 radical (unpaired) electrons. The fourth-order valence-electron chi connectivity index (χ4n) is 4.07. The largest absolute Gasteiger partial charge is 0.143 e. The summed E-state index contributed by atoms with van der Waals surface area (Å²) in [6, 6.07) is 8.65. The minimum absolute atomic E-state index is 1.07. The van der Waals surface area contributed by atoms with Gasteiger partial charge in [0.15, 0.2) is 0 Å². The van der Waals surface area contributed by atoms with Crippen molar-refractivity contribution in [1.82, 2.24) is 0 Å². The van der Waals surface area contributed by atoms with E-state index in [1.54, 1.807) is 0 Å². The van der Waals surface area contributed by atoms with Gasteiger partial charge in [0, 0.05) is 4.90 Å². The Kier molecular flexibility index (Phi) is 18.2. The maximum atomic E-state index is 4.34. The highest BCUT2D eigenvalue weighted by Gasteiger charge is 1.96. The number of hydrogen-bond donors (Lipinski definition) is 1. The summed E-state index contributed by atoms with van der Waals surface area (Å²) in [6.45, 7) is 2.30. The third-order valence-electron chi connectivity index (χ3n) is 6.01. The molecule has 0 unspecified atom stereocenters. The quantitative estimate of drug-likeness (QED) is 0.162. The lowest BCUT2D eigenvalue weighted by molar-refractivity contribution is 0.523. The van der Waals surface area contributed by atoms with Crippen molar-refractivity contribution in [3.63, 3.8) is 0 Å². The number of benzene rings is 1. The fourth-order valence-corrected chi connectivity index (χ4v) is 4.22. The fraction of sp³-hybridized carbons (Fsp3) is 0.778. The van der Waals surface area contributed by atoms with E-state index in [0.29, 0.717) is 0 Å². The van der Waals surface area contributed by atoms with E-state index in [4.69, 9.17) is 0 Å². The van der Waals surface area contributed by atoms with E-state index in [2.05, 4.69) is 43.8 Å². The molecule has 1 aromatic carbocycles. The Hall–Kier alpha value is -0.430. The minimum Gasteiger partial charge on any atom is -0.143 e. The van der Waals surface area contributed by atoms with Crippen molar-refractivity contribution < 1.29 is 0 Å². The van der Waals surface area contributed by atoms with E-state index in [0.717, 1.165) is 4.90 Å². The monoisotopic (exact) mass is 404 g/mol. The number of hydrogen-bond acceptors (Lipinski definition) is 1. The third kappa shape index (κ3) is 16.5. The van der Waals surface area contributed by atoms with Gasteiger partial charge in [-0.05, 0) is 30.5 Å². The molecule has 0 saturated heterocycles. The molecule has 0 amide bonds. The van der Waals surface area contributed by atoms with Crippen molar-refractivity contribution >= 4 is 12.6 Å². The molecule has 28 heavy (non-hydrogen) atoms. The summed E-state index contributed by atoms with van der Waals surface area (Å²) < 4.78 is 0. The molecule has 0 aliphatic carbocycles. The van der Waals surface area contributed by atoms with Crippen LogP contribution in [0.2, 0.25) is 0 Å². The second-order valence-electron chi connectivity index (χ2n) is 8.78. The Balaban J connectivity index is 1.70. The molecule has 0 atom stereocenters. The Morgan fingerprint density at radius 3 is 1.14 bits per heavy atom. The second-order valence-corrected chi connectivity index (χ2v) is 9.30. The SMILES string of the molecule is CCCCCCCCCCCCCCCCCCCCCc1ccc(S)cc1. The summed E-state index contributed by atoms with van der Waals surface area (Å²) in [7, 11) is 0. The highest BCUT2D eigenvalue weighted by atomic mass is 32.1. The molecule has 1 heteroatoms. The highest BCUT2D eigenvalue weighted by molar-refractivity contribution is 7.80. The molecule has 0 aliphatic heterocycles. The van der Waals surface area contributed by atoms with Gasteiger partial charge in [0.1, 0.15) is 0 Å². The smallest absolute Gasteiger partial charge is 0.00401 e. The summed E-state index contributed by atoms with van der Waals surface area (Å²) in [5.41, 5.74) is 1.46. The van der Waals surface area contributed by atoms with Crippen molar-refractivity contribution in [1.29, 1.82) is 0 Å². The summed E-state index contributed by atoms with van der Waals surface area (Å²) in [5, 5.41) is 0. The summed E-state index contributed by atoms with van der Waals surface area (Å²) in [6.07, 6.45) is 28.7. The van der Waals surface area contributed by atoms with Gasteiger partial charge in [0.25, 0.3) is 0 Å². The molecule has 0 nitrogen and oxygen atoms in total. The molecule has 0 spiro atoms. The summed E-state index contributed by atoms with van der Waals surface area (Å²) >= 11 is 4.34. The number of rotatable bonds is 20. The predicted octanol–water partition coefficient (Wildman–Crippen LogP) is 9.95. The molecule has 0 aliphatic rings. The first kappa shape index (κ1) is 25.6. The Bertz CT molecular complexity index is 422. The lowest BCUT2D eigenvalue weighted by Crippen LogP contribution is -1.86. The number of unbranched alkanes of at least 4 members (excludes halogenated alkanes) is 18. The van der Waals surface area contributed by atoms with E-state index in [9.17, 15) is 0 Å². The molecule has 162 valence electrons. The third-order valence-corrected chi connectivity index (χ3v) is 6.30. The van der Waals surface area contributed by atoms with Crippen LogP contribution in [0.15, 0.2) is 29.2 Å². The first-order chi connectivity index (χ1) is 13.8. The van der Waals surface area contributed by atoms with Gasteiger partial charge >= 0.3 is 0 Å². The average molecular weight is 405 g/mol. The Morgan fingerprint density at radius 1 is 0.464 bits per heavy atom. The first-order valence-corrected chi connectivity index (χ1v) is 13.1. The van der Waals surface area contributed by atoms with Crippen LogP contribution in [0.4, 0.5) is 0 Å². The molecule has 0 fully saturated rings. The van der Waals surface area contributed by atoms with Crippen molar-refractivity contribution in [2.24, 2.45) is 0 Å². The summed E-state index contributed by atoms with van der Waals surface area (Å²) in [4.78, 5) is 1.07. The zero-order valence-electron chi connectivity index (χ0n) is 18.9. The van der Waals surface area contributed by atoms with Crippen molar-refractivity contribution in [3.8, 4) is 0 Å². The van der Waals surface area contributed by atoms with Crippen molar-refractivity contribution in [2.75, 3.05) is 0 Å². The molecule has 0 saturated carbocycles. The zero-order chi connectivity index (χ0) is 20.1.